The monoisotopic (exact) mass is 375 g/mol. The number of rotatable bonds is 4. The van der Waals surface area contributed by atoms with E-state index in [2.05, 4.69) is 5.32 Å². The summed E-state index contributed by atoms with van der Waals surface area (Å²) >= 11 is 0. The topological polar surface area (TPSA) is 66.4 Å². The molecule has 0 aromatic heterocycles. The summed E-state index contributed by atoms with van der Waals surface area (Å²) in [7, 11) is 0. The summed E-state index contributed by atoms with van der Waals surface area (Å²) in [6.07, 6.45) is 7.28. The second-order valence-electron chi connectivity index (χ2n) is 9.05. The molecular formula is C24H25NO3. The van der Waals surface area contributed by atoms with E-state index in [0.29, 0.717) is 16.7 Å². The highest BCUT2D eigenvalue weighted by molar-refractivity contribution is 6.04. The van der Waals surface area contributed by atoms with Gasteiger partial charge in [-0.25, -0.2) is 4.79 Å². The molecule has 2 aromatic rings. The first-order chi connectivity index (χ1) is 13.5. The van der Waals surface area contributed by atoms with Gasteiger partial charge in [-0.3, -0.25) is 4.79 Å². The van der Waals surface area contributed by atoms with Gasteiger partial charge in [0.1, 0.15) is 0 Å². The number of nitrogens with one attached hydrogen (secondary N) is 1. The van der Waals surface area contributed by atoms with Gasteiger partial charge in [-0.05, 0) is 79.5 Å². The summed E-state index contributed by atoms with van der Waals surface area (Å²) in [6, 6.07) is 14.3. The van der Waals surface area contributed by atoms with Crippen molar-refractivity contribution in [3.05, 3.63) is 59.7 Å². The zero-order valence-corrected chi connectivity index (χ0v) is 15.9. The maximum atomic E-state index is 13.3. The first-order valence-electron chi connectivity index (χ1n) is 10.3. The molecule has 144 valence electrons. The first-order valence-corrected chi connectivity index (χ1v) is 10.3. The maximum Gasteiger partial charge on any atom is 0.336 e. The highest BCUT2D eigenvalue weighted by atomic mass is 16.4. The van der Waals surface area contributed by atoms with Crippen molar-refractivity contribution in [3.8, 4) is 11.1 Å². The molecule has 4 bridgehead atoms. The fourth-order valence-corrected chi connectivity index (χ4v) is 6.39. The van der Waals surface area contributed by atoms with Crippen molar-refractivity contribution in [2.75, 3.05) is 0 Å². The molecule has 0 heterocycles. The van der Waals surface area contributed by atoms with E-state index in [4.69, 9.17) is 0 Å². The van der Waals surface area contributed by atoms with Gasteiger partial charge in [0.15, 0.2) is 0 Å². The van der Waals surface area contributed by atoms with Gasteiger partial charge in [-0.1, -0.05) is 36.4 Å². The Morgan fingerprint density at radius 1 is 0.786 bits per heavy atom. The number of hydrogen-bond acceptors (Lipinski definition) is 2. The fourth-order valence-electron chi connectivity index (χ4n) is 6.39. The lowest BCUT2D eigenvalue weighted by Gasteiger charge is -2.56. The summed E-state index contributed by atoms with van der Waals surface area (Å²) in [5.41, 5.74) is 1.99. The average Bonchev–Trinajstić information content (AvgIpc) is 2.66. The molecule has 4 heteroatoms. The minimum absolute atomic E-state index is 0.0642. The smallest absolute Gasteiger partial charge is 0.336 e. The normalized spacial score (nSPS) is 30.2. The van der Waals surface area contributed by atoms with E-state index < -0.39 is 5.97 Å². The van der Waals surface area contributed by atoms with Crippen molar-refractivity contribution >= 4 is 11.9 Å². The molecule has 4 saturated carbocycles. The number of amides is 1. The molecule has 2 N–H and O–H groups in total. The third-order valence-electron chi connectivity index (χ3n) is 7.04. The molecule has 4 fully saturated rings. The Bertz CT molecular complexity index is 913. The molecule has 6 rings (SSSR count). The van der Waals surface area contributed by atoms with Gasteiger partial charge in [0.2, 0.25) is 0 Å². The fraction of sp³-hybridized carbons (Fsp3) is 0.417. The molecule has 28 heavy (non-hydrogen) atoms. The quantitative estimate of drug-likeness (QED) is 0.810. The summed E-state index contributed by atoms with van der Waals surface area (Å²) in [5, 5.41) is 13.0. The van der Waals surface area contributed by atoms with E-state index in [1.807, 2.05) is 30.3 Å². The second-order valence-corrected chi connectivity index (χ2v) is 9.05. The second kappa shape index (κ2) is 6.47. The zero-order chi connectivity index (χ0) is 19.3. The number of carboxylic acid groups (broad SMARTS) is 1. The molecule has 2 aromatic carbocycles. The minimum Gasteiger partial charge on any atom is -0.478 e. The van der Waals surface area contributed by atoms with Gasteiger partial charge in [-0.15, -0.1) is 0 Å². The van der Waals surface area contributed by atoms with Crippen LogP contribution in [0.25, 0.3) is 11.1 Å². The van der Waals surface area contributed by atoms with Crippen LogP contribution >= 0.6 is 0 Å². The Morgan fingerprint density at radius 2 is 1.25 bits per heavy atom. The summed E-state index contributed by atoms with van der Waals surface area (Å²) < 4.78 is 0. The molecule has 0 aliphatic heterocycles. The van der Waals surface area contributed by atoms with Gasteiger partial charge in [-0.2, -0.15) is 0 Å². The van der Waals surface area contributed by atoms with Crippen LogP contribution in [-0.4, -0.2) is 22.5 Å². The van der Waals surface area contributed by atoms with Crippen molar-refractivity contribution in [2.24, 2.45) is 17.8 Å². The highest BCUT2D eigenvalue weighted by Gasteiger charge is 2.51. The summed E-state index contributed by atoms with van der Waals surface area (Å²) in [6.45, 7) is 0. The Kier molecular flexibility index (Phi) is 4.04. The van der Waals surface area contributed by atoms with Crippen molar-refractivity contribution in [2.45, 2.75) is 44.1 Å². The van der Waals surface area contributed by atoms with Crippen molar-refractivity contribution in [3.63, 3.8) is 0 Å². The Hall–Kier alpha value is -2.62. The van der Waals surface area contributed by atoms with Crippen LogP contribution in [0.3, 0.4) is 0 Å². The van der Waals surface area contributed by atoms with Crippen LogP contribution in [0.15, 0.2) is 48.5 Å². The first kappa shape index (κ1) is 17.5. The number of carbonyl (C=O) groups is 2. The Morgan fingerprint density at radius 3 is 1.79 bits per heavy atom. The lowest BCUT2D eigenvalue weighted by molar-refractivity contribution is -0.0166. The van der Waals surface area contributed by atoms with Crippen LogP contribution in [-0.2, 0) is 0 Å². The third-order valence-corrected chi connectivity index (χ3v) is 7.04. The van der Waals surface area contributed by atoms with E-state index in [0.717, 1.165) is 37.0 Å². The summed E-state index contributed by atoms with van der Waals surface area (Å²) in [4.78, 5) is 25.0. The van der Waals surface area contributed by atoms with Crippen LogP contribution in [0.4, 0.5) is 0 Å². The Balaban J connectivity index is 1.48. The van der Waals surface area contributed by atoms with Crippen LogP contribution in [0.5, 0.6) is 0 Å². The third kappa shape index (κ3) is 2.92. The van der Waals surface area contributed by atoms with Crippen molar-refractivity contribution < 1.29 is 14.7 Å². The van der Waals surface area contributed by atoms with Crippen LogP contribution in [0.2, 0.25) is 0 Å². The van der Waals surface area contributed by atoms with Crippen molar-refractivity contribution in [1.29, 1.82) is 0 Å². The number of aromatic carboxylic acids is 1. The molecule has 0 radical (unpaired) electrons. The SMILES string of the molecule is O=C(O)c1ccccc1-c1ccccc1C(=O)NC12CC3CC(CC(C3)C1)C2. The van der Waals surface area contributed by atoms with Crippen LogP contribution < -0.4 is 5.32 Å². The van der Waals surface area contributed by atoms with E-state index >= 15 is 0 Å². The molecule has 4 aliphatic carbocycles. The predicted molar refractivity (Wildman–Crippen MR) is 107 cm³/mol. The van der Waals surface area contributed by atoms with Gasteiger partial charge in [0.25, 0.3) is 5.91 Å². The van der Waals surface area contributed by atoms with Gasteiger partial charge in [0, 0.05) is 11.1 Å². The average molecular weight is 375 g/mol. The molecule has 0 spiro atoms. The lowest BCUT2D eigenvalue weighted by atomic mass is 9.53. The largest absolute Gasteiger partial charge is 0.478 e. The Labute approximate surface area is 165 Å². The van der Waals surface area contributed by atoms with E-state index in [1.165, 1.54) is 19.3 Å². The zero-order valence-electron chi connectivity index (χ0n) is 15.9. The maximum absolute atomic E-state index is 13.3. The molecule has 0 unspecified atom stereocenters. The van der Waals surface area contributed by atoms with E-state index in [1.54, 1.807) is 18.2 Å². The van der Waals surface area contributed by atoms with Crippen LogP contribution in [0, 0.1) is 17.8 Å². The standard InChI is InChI=1S/C24H25NO3/c26-22(25-24-12-15-9-16(13-24)11-17(10-15)14-24)20-7-3-1-5-18(20)19-6-2-4-8-21(19)23(27)28/h1-8,15-17H,9-14H2,(H,25,26)(H,27,28). The molecular weight excluding hydrogens is 350 g/mol. The molecule has 4 nitrogen and oxygen atoms in total. The number of carboxylic acids is 1. The van der Waals surface area contributed by atoms with Crippen molar-refractivity contribution in [1.82, 2.24) is 5.32 Å². The molecule has 0 saturated heterocycles. The van der Waals surface area contributed by atoms with E-state index in [-0.39, 0.29) is 17.0 Å². The van der Waals surface area contributed by atoms with Crippen LogP contribution in [0.1, 0.15) is 59.2 Å². The molecule has 1 amide bonds. The minimum atomic E-state index is -0.980. The number of hydrogen-bond donors (Lipinski definition) is 2. The van der Waals surface area contributed by atoms with E-state index in [9.17, 15) is 14.7 Å². The summed E-state index contributed by atoms with van der Waals surface area (Å²) in [5.74, 6) is 1.23. The van der Waals surface area contributed by atoms with Gasteiger partial charge in [0.05, 0.1) is 5.56 Å². The number of benzene rings is 2. The highest BCUT2D eigenvalue weighted by Crippen LogP contribution is 2.55. The van der Waals surface area contributed by atoms with Gasteiger partial charge >= 0.3 is 5.97 Å². The molecule has 0 atom stereocenters. The van der Waals surface area contributed by atoms with Gasteiger partial charge < -0.3 is 10.4 Å². The number of carbonyl (C=O) groups excluding carboxylic acids is 1. The molecule has 4 aliphatic rings. The lowest BCUT2D eigenvalue weighted by Crippen LogP contribution is -2.59. The predicted octanol–water partition coefficient (Wildman–Crippen LogP) is 4.75.